The molecule has 94 valence electrons. The van der Waals surface area contributed by atoms with Crippen molar-refractivity contribution in [1.82, 2.24) is 10.6 Å². The lowest BCUT2D eigenvalue weighted by atomic mass is 10.0. The van der Waals surface area contributed by atoms with Gasteiger partial charge in [-0.15, -0.1) is 0 Å². The van der Waals surface area contributed by atoms with Crippen LogP contribution in [0.15, 0.2) is 0 Å². The van der Waals surface area contributed by atoms with Gasteiger partial charge in [0.2, 0.25) is 5.91 Å². The topological polar surface area (TPSA) is 81.6 Å². The van der Waals surface area contributed by atoms with E-state index in [1.807, 2.05) is 0 Å². The highest BCUT2D eigenvalue weighted by atomic mass is 16.3. The fourth-order valence-corrected chi connectivity index (χ4v) is 1.82. The normalized spacial score (nSPS) is 21.1. The van der Waals surface area contributed by atoms with E-state index in [-0.39, 0.29) is 19.1 Å². The summed E-state index contributed by atoms with van der Waals surface area (Å²) in [5.41, 5.74) is -0.898. The fraction of sp³-hybridized carbons (Fsp3) is 0.909. The Labute approximate surface area is 96.2 Å². The van der Waals surface area contributed by atoms with Gasteiger partial charge < -0.3 is 20.8 Å². The molecule has 1 fully saturated rings. The summed E-state index contributed by atoms with van der Waals surface area (Å²) < 4.78 is 0. The molecule has 0 spiro atoms. The molecule has 1 saturated heterocycles. The van der Waals surface area contributed by atoms with E-state index < -0.39 is 5.54 Å². The molecule has 0 saturated carbocycles. The van der Waals surface area contributed by atoms with E-state index in [0.29, 0.717) is 12.3 Å². The molecule has 1 amide bonds. The standard InChI is InChI=1S/C11H22N2O3/c1-11(7-14,8-15)13-10(16)3-2-9-4-5-12-6-9/h9,12,14-15H,2-8H2,1H3,(H,13,16). The van der Waals surface area contributed by atoms with Crippen LogP contribution >= 0.6 is 0 Å². The van der Waals surface area contributed by atoms with Gasteiger partial charge in [-0.25, -0.2) is 0 Å². The molecule has 0 aromatic heterocycles. The van der Waals surface area contributed by atoms with Crippen molar-refractivity contribution < 1.29 is 15.0 Å². The number of rotatable bonds is 6. The van der Waals surface area contributed by atoms with Crippen LogP contribution in [0.1, 0.15) is 26.2 Å². The molecule has 16 heavy (non-hydrogen) atoms. The second-order valence-corrected chi connectivity index (χ2v) is 4.82. The number of hydrogen-bond donors (Lipinski definition) is 4. The minimum Gasteiger partial charge on any atom is -0.394 e. The fourth-order valence-electron chi connectivity index (χ4n) is 1.82. The SMILES string of the molecule is CC(CO)(CO)NC(=O)CCC1CCNC1. The lowest BCUT2D eigenvalue weighted by Crippen LogP contribution is -2.51. The minimum atomic E-state index is -0.898. The van der Waals surface area contributed by atoms with E-state index in [4.69, 9.17) is 10.2 Å². The number of carbonyl (C=O) groups is 1. The van der Waals surface area contributed by atoms with Gasteiger partial charge in [0, 0.05) is 6.42 Å². The van der Waals surface area contributed by atoms with Gasteiger partial charge in [-0.1, -0.05) is 0 Å². The summed E-state index contributed by atoms with van der Waals surface area (Å²) in [6.07, 6.45) is 2.46. The van der Waals surface area contributed by atoms with Crippen LogP contribution in [0.2, 0.25) is 0 Å². The molecule has 1 heterocycles. The second kappa shape index (κ2) is 6.18. The average Bonchev–Trinajstić information content (AvgIpc) is 2.79. The van der Waals surface area contributed by atoms with Crippen molar-refractivity contribution in [1.29, 1.82) is 0 Å². The molecule has 4 N–H and O–H groups in total. The monoisotopic (exact) mass is 230 g/mol. The highest BCUT2D eigenvalue weighted by Crippen LogP contribution is 2.14. The third-order valence-electron chi connectivity index (χ3n) is 3.08. The Kier molecular flexibility index (Phi) is 5.18. The van der Waals surface area contributed by atoms with Crippen molar-refractivity contribution in [3.8, 4) is 0 Å². The Bertz CT molecular complexity index is 223. The highest BCUT2D eigenvalue weighted by Gasteiger charge is 2.25. The lowest BCUT2D eigenvalue weighted by molar-refractivity contribution is -0.124. The Hall–Kier alpha value is -0.650. The summed E-state index contributed by atoms with van der Waals surface area (Å²) in [6, 6.07) is 0. The maximum absolute atomic E-state index is 11.6. The van der Waals surface area contributed by atoms with Crippen LogP contribution < -0.4 is 10.6 Å². The van der Waals surface area contributed by atoms with Crippen LogP contribution in [0.5, 0.6) is 0 Å². The smallest absolute Gasteiger partial charge is 0.220 e. The molecule has 1 aliphatic rings. The minimum absolute atomic E-state index is 0.0995. The highest BCUT2D eigenvalue weighted by molar-refractivity contribution is 5.76. The van der Waals surface area contributed by atoms with E-state index >= 15 is 0 Å². The Morgan fingerprint density at radius 2 is 2.19 bits per heavy atom. The van der Waals surface area contributed by atoms with Gasteiger partial charge in [0.25, 0.3) is 0 Å². The van der Waals surface area contributed by atoms with Gasteiger partial charge in [0.15, 0.2) is 0 Å². The molecule has 1 rings (SSSR count). The van der Waals surface area contributed by atoms with Crippen LogP contribution in [-0.2, 0) is 4.79 Å². The van der Waals surface area contributed by atoms with E-state index in [9.17, 15) is 4.79 Å². The van der Waals surface area contributed by atoms with Crippen molar-refractivity contribution >= 4 is 5.91 Å². The summed E-state index contributed by atoms with van der Waals surface area (Å²) >= 11 is 0. The first-order valence-corrected chi connectivity index (χ1v) is 5.83. The van der Waals surface area contributed by atoms with Crippen LogP contribution in [0, 0.1) is 5.92 Å². The zero-order valence-corrected chi connectivity index (χ0v) is 9.83. The summed E-state index contributed by atoms with van der Waals surface area (Å²) in [5, 5.41) is 24.0. The van der Waals surface area contributed by atoms with Crippen molar-refractivity contribution in [3.63, 3.8) is 0 Å². The Morgan fingerprint density at radius 3 is 2.69 bits per heavy atom. The zero-order valence-electron chi connectivity index (χ0n) is 9.83. The molecule has 1 unspecified atom stereocenters. The van der Waals surface area contributed by atoms with Crippen molar-refractivity contribution in [2.75, 3.05) is 26.3 Å². The van der Waals surface area contributed by atoms with Gasteiger partial charge in [0.05, 0.1) is 18.8 Å². The third-order valence-corrected chi connectivity index (χ3v) is 3.08. The number of aliphatic hydroxyl groups excluding tert-OH is 2. The number of carbonyl (C=O) groups excluding carboxylic acids is 1. The zero-order chi connectivity index (χ0) is 12.0. The van der Waals surface area contributed by atoms with E-state index in [0.717, 1.165) is 25.9 Å². The Morgan fingerprint density at radius 1 is 1.50 bits per heavy atom. The molecule has 0 radical (unpaired) electrons. The predicted molar refractivity (Wildman–Crippen MR) is 60.9 cm³/mol. The van der Waals surface area contributed by atoms with Crippen LogP contribution in [0.3, 0.4) is 0 Å². The molecule has 0 aliphatic carbocycles. The van der Waals surface area contributed by atoms with Crippen LogP contribution in [0.4, 0.5) is 0 Å². The third kappa shape index (κ3) is 4.08. The maximum Gasteiger partial charge on any atom is 0.220 e. The first-order chi connectivity index (χ1) is 7.59. The second-order valence-electron chi connectivity index (χ2n) is 4.82. The number of nitrogens with one attached hydrogen (secondary N) is 2. The summed E-state index contributed by atoms with van der Waals surface area (Å²) in [7, 11) is 0. The summed E-state index contributed by atoms with van der Waals surface area (Å²) in [4.78, 5) is 11.6. The van der Waals surface area contributed by atoms with E-state index in [2.05, 4.69) is 10.6 Å². The van der Waals surface area contributed by atoms with Gasteiger partial charge in [-0.2, -0.15) is 0 Å². The molecule has 0 aromatic rings. The molecule has 0 aromatic carbocycles. The lowest BCUT2D eigenvalue weighted by Gasteiger charge is -2.26. The Balaban J connectivity index is 2.24. The molecular formula is C11H22N2O3. The quantitative estimate of drug-likeness (QED) is 0.483. The van der Waals surface area contributed by atoms with Gasteiger partial charge >= 0.3 is 0 Å². The number of amides is 1. The number of aliphatic hydroxyl groups is 2. The van der Waals surface area contributed by atoms with Crippen molar-refractivity contribution in [2.24, 2.45) is 5.92 Å². The molecule has 1 aliphatic heterocycles. The van der Waals surface area contributed by atoms with Crippen LogP contribution in [0.25, 0.3) is 0 Å². The van der Waals surface area contributed by atoms with Gasteiger partial charge in [0.1, 0.15) is 0 Å². The molecule has 5 heteroatoms. The van der Waals surface area contributed by atoms with Crippen molar-refractivity contribution in [3.05, 3.63) is 0 Å². The van der Waals surface area contributed by atoms with E-state index in [1.165, 1.54) is 0 Å². The van der Waals surface area contributed by atoms with E-state index in [1.54, 1.807) is 6.92 Å². The van der Waals surface area contributed by atoms with Gasteiger partial charge in [-0.3, -0.25) is 4.79 Å². The largest absolute Gasteiger partial charge is 0.394 e. The first kappa shape index (κ1) is 13.4. The first-order valence-electron chi connectivity index (χ1n) is 5.83. The van der Waals surface area contributed by atoms with Crippen LogP contribution in [-0.4, -0.2) is 48.0 Å². The summed E-state index contributed by atoms with van der Waals surface area (Å²) in [6.45, 7) is 3.16. The number of hydrogen-bond acceptors (Lipinski definition) is 4. The predicted octanol–water partition coefficient (Wildman–Crippen LogP) is -0.764. The summed E-state index contributed by atoms with van der Waals surface area (Å²) in [5.74, 6) is 0.484. The van der Waals surface area contributed by atoms with Crippen molar-refractivity contribution in [2.45, 2.75) is 31.7 Å². The maximum atomic E-state index is 11.6. The molecule has 5 nitrogen and oxygen atoms in total. The average molecular weight is 230 g/mol. The molecule has 1 atom stereocenters. The molecule has 0 bridgehead atoms. The van der Waals surface area contributed by atoms with Gasteiger partial charge in [-0.05, 0) is 38.8 Å². The molecular weight excluding hydrogens is 208 g/mol.